The Morgan fingerprint density at radius 1 is 1.04 bits per heavy atom. The largest absolute Gasteiger partial charge is 0.480 e. The van der Waals surface area contributed by atoms with E-state index in [0.29, 0.717) is 0 Å². The second kappa shape index (κ2) is 15.9. The minimum Gasteiger partial charge on any atom is -0.480 e. The fourth-order valence-electron chi connectivity index (χ4n) is 0.809. The number of nitrogens with two attached hydrogens (primary N) is 1. The number of amides is 1. The summed E-state index contributed by atoms with van der Waals surface area (Å²) in [5, 5.41) is 18.6. The van der Waals surface area contributed by atoms with Crippen molar-refractivity contribution in [3.8, 4) is 0 Å². The number of aliphatic carboxylic acids is 2. The lowest BCUT2D eigenvalue weighted by Gasteiger charge is -2.22. The summed E-state index contributed by atoms with van der Waals surface area (Å²) in [5.74, 6) is -1.16. The van der Waals surface area contributed by atoms with Crippen LogP contribution in [0, 0.1) is 0 Å². The molecule has 5 N–H and O–H groups in total. The highest BCUT2D eigenvalue weighted by molar-refractivity contribution is 7.80. The third-order valence-electron chi connectivity index (χ3n) is 2.14. The summed E-state index contributed by atoms with van der Waals surface area (Å²) in [6.45, 7) is 2.41. The van der Waals surface area contributed by atoms with E-state index >= 15 is 0 Å². The maximum Gasteiger partial charge on any atom is 0.327 e. The van der Waals surface area contributed by atoms with Crippen LogP contribution in [-0.2, 0) is 14.4 Å². The molecular weight excluding hydrogens is 374 g/mol. The van der Waals surface area contributed by atoms with E-state index < -0.39 is 24.0 Å². The van der Waals surface area contributed by atoms with Gasteiger partial charge < -0.3 is 25.7 Å². The minimum atomic E-state index is -1.06. The van der Waals surface area contributed by atoms with Crippen LogP contribution in [0.15, 0.2) is 0 Å². The van der Waals surface area contributed by atoms with Gasteiger partial charge in [0, 0.05) is 24.2 Å². The number of carbonyl (C=O) groups excluding carboxylic acids is 1. The van der Waals surface area contributed by atoms with Crippen LogP contribution in [0.5, 0.6) is 0 Å². The average Bonchev–Trinajstić information content (AvgIpc) is 2.43. The van der Waals surface area contributed by atoms with Crippen LogP contribution in [0.4, 0.5) is 0 Å². The SMILES string of the molecule is CC(=O)N[C@@H](CS)C(=O)O.C[N+](C)(C)CCS.N[C@@H](CS)C(=O)O. The Hall–Kier alpha value is -0.620. The standard InChI is InChI=1S/C5H9NO3S.C5H13NS.C3H7NO2S/c1-3(7)6-4(2-10)5(8)9;1-6(2,3)4-5-7;4-2(1-7)3(5)6/h4,10H,2H2,1H3,(H,6,7)(H,8,9);4-5H2,1-3H3;2,7H,1,4H2,(H,5,6)/p+1/t4-;;2-/m0.0/s1. The molecule has 0 aromatic carbocycles. The van der Waals surface area contributed by atoms with Gasteiger partial charge in [-0.25, -0.2) is 4.79 Å². The summed E-state index contributed by atoms with van der Waals surface area (Å²) in [4.78, 5) is 30.3. The maximum absolute atomic E-state index is 10.3. The number of nitrogens with zero attached hydrogens (tertiary/aromatic N) is 1. The van der Waals surface area contributed by atoms with Gasteiger partial charge in [-0.1, -0.05) is 0 Å². The molecule has 0 heterocycles. The van der Waals surface area contributed by atoms with Gasteiger partial charge >= 0.3 is 11.9 Å². The number of hydrogen-bond donors (Lipinski definition) is 7. The van der Waals surface area contributed by atoms with E-state index in [1.54, 1.807) is 0 Å². The quantitative estimate of drug-likeness (QED) is 0.225. The third-order valence-corrected chi connectivity index (χ3v) is 3.10. The molecule has 0 saturated carbocycles. The summed E-state index contributed by atoms with van der Waals surface area (Å²) in [6.07, 6.45) is 0. The topological polar surface area (TPSA) is 130 Å². The number of hydrogen-bond acceptors (Lipinski definition) is 7. The van der Waals surface area contributed by atoms with Crippen molar-refractivity contribution in [2.75, 3.05) is 44.9 Å². The number of carboxylic acids is 2. The van der Waals surface area contributed by atoms with Crippen molar-refractivity contribution in [2.24, 2.45) is 5.73 Å². The molecular formula is C13H30N3O5S3+. The molecule has 0 aliphatic rings. The maximum atomic E-state index is 10.3. The zero-order chi connectivity index (χ0) is 19.9. The van der Waals surface area contributed by atoms with Crippen molar-refractivity contribution >= 4 is 55.7 Å². The van der Waals surface area contributed by atoms with Gasteiger partial charge in [0.25, 0.3) is 0 Å². The van der Waals surface area contributed by atoms with Crippen molar-refractivity contribution in [3.05, 3.63) is 0 Å². The molecule has 144 valence electrons. The van der Waals surface area contributed by atoms with E-state index in [1.165, 1.54) is 6.92 Å². The monoisotopic (exact) mass is 404 g/mol. The zero-order valence-corrected chi connectivity index (χ0v) is 17.2. The Kier molecular flexibility index (Phi) is 18.7. The molecule has 0 unspecified atom stereocenters. The van der Waals surface area contributed by atoms with E-state index in [4.69, 9.17) is 15.9 Å². The first-order valence-corrected chi connectivity index (χ1v) is 8.83. The lowest BCUT2D eigenvalue weighted by atomic mass is 10.3. The molecule has 0 aromatic rings. The molecule has 2 atom stereocenters. The van der Waals surface area contributed by atoms with E-state index in [-0.39, 0.29) is 17.4 Å². The fraction of sp³-hybridized carbons (Fsp3) is 0.769. The Balaban J connectivity index is -0.000000283. The number of nitrogens with one attached hydrogen (secondary N) is 1. The van der Waals surface area contributed by atoms with Gasteiger partial charge in [0.05, 0.1) is 27.7 Å². The van der Waals surface area contributed by atoms with Gasteiger partial charge in [-0.2, -0.15) is 37.9 Å². The number of carbonyl (C=O) groups is 3. The summed E-state index contributed by atoms with van der Waals surface area (Å²) < 4.78 is 1.02. The third kappa shape index (κ3) is 23.6. The van der Waals surface area contributed by atoms with Gasteiger partial charge in [-0.3, -0.25) is 9.59 Å². The predicted octanol–water partition coefficient (Wildman–Crippen LogP) is -0.544. The van der Waals surface area contributed by atoms with Crippen LogP contribution in [-0.4, -0.2) is 89.6 Å². The fourth-order valence-corrected chi connectivity index (χ4v) is 1.81. The molecule has 0 saturated heterocycles. The first-order chi connectivity index (χ1) is 10.8. The average molecular weight is 405 g/mol. The number of rotatable bonds is 7. The Morgan fingerprint density at radius 3 is 1.54 bits per heavy atom. The van der Waals surface area contributed by atoms with Crippen LogP contribution in [0.2, 0.25) is 0 Å². The van der Waals surface area contributed by atoms with Crippen LogP contribution in [0.25, 0.3) is 0 Å². The van der Waals surface area contributed by atoms with E-state index in [2.05, 4.69) is 64.3 Å². The lowest BCUT2D eigenvalue weighted by molar-refractivity contribution is -0.867. The first-order valence-electron chi connectivity index (χ1n) is 6.93. The molecule has 0 aliphatic carbocycles. The van der Waals surface area contributed by atoms with Crippen molar-refractivity contribution in [2.45, 2.75) is 19.0 Å². The number of quaternary nitrogens is 1. The zero-order valence-electron chi connectivity index (χ0n) is 14.5. The molecule has 0 spiro atoms. The number of thiol groups is 3. The second-order valence-corrected chi connectivity index (χ2v) is 6.82. The molecule has 0 aromatic heterocycles. The van der Waals surface area contributed by atoms with E-state index in [0.717, 1.165) is 16.8 Å². The summed E-state index contributed by atoms with van der Waals surface area (Å²) in [7, 11) is 6.49. The highest BCUT2D eigenvalue weighted by atomic mass is 32.1. The Labute approximate surface area is 160 Å². The Bertz CT molecular complexity index is 378. The van der Waals surface area contributed by atoms with Gasteiger partial charge in [0.1, 0.15) is 12.1 Å². The summed E-state index contributed by atoms with van der Waals surface area (Å²) >= 11 is 11.5. The highest BCUT2D eigenvalue weighted by Gasteiger charge is 2.15. The molecule has 1 amide bonds. The summed E-state index contributed by atoms with van der Waals surface area (Å²) in [6, 6.07) is -1.69. The van der Waals surface area contributed by atoms with Gasteiger partial charge in [0.15, 0.2) is 0 Å². The molecule has 0 bridgehead atoms. The molecule has 8 nitrogen and oxygen atoms in total. The first kappa shape index (κ1) is 28.2. The Morgan fingerprint density at radius 2 is 1.50 bits per heavy atom. The molecule has 0 rings (SSSR count). The van der Waals surface area contributed by atoms with Gasteiger partial charge in [-0.05, 0) is 0 Å². The smallest absolute Gasteiger partial charge is 0.327 e. The van der Waals surface area contributed by atoms with Crippen LogP contribution in [0.1, 0.15) is 6.92 Å². The molecule has 0 radical (unpaired) electrons. The van der Waals surface area contributed by atoms with Crippen LogP contribution < -0.4 is 11.1 Å². The molecule has 0 aliphatic heterocycles. The lowest BCUT2D eigenvalue weighted by Crippen LogP contribution is -2.40. The normalized spacial score (nSPS) is 12.5. The van der Waals surface area contributed by atoms with Crippen LogP contribution >= 0.6 is 37.9 Å². The molecule has 24 heavy (non-hydrogen) atoms. The van der Waals surface area contributed by atoms with Gasteiger partial charge in [0.2, 0.25) is 5.91 Å². The van der Waals surface area contributed by atoms with E-state index in [9.17, 15) is 14.4 Å². The highest BCUT2D eigenvalue weighted by Crippen LogP contribution is 1.88. The van der Waals surface area contributed by atoms with E-state index in [1.807, 2.05) is 0 Å². The second-order valence-electron chi connectivity index (χ2n) is 5.64. The predicted molar refractivity (Wildman–Crippen MR) is 105 cm³/mol. The number of carboxylic acid groups (broad SMARTS) is 2. The van der Waals surface area contributed by atoms with Gasteiger partial charge in [-0.15, -0.1) is 0 Å². The van der Waals surface area contributed by atoms with Crippen molar-refractivity contribution < 1.29 is 29.1 Å². The summed E-state index contributed by atoms with van der Waals surface area (Å²) in [5.41, 5.74) is 4.94. The van der Waals surface area contributed by atoms with Crippen LogP contribution in [0.3, 0.4) is 0 Å². The molecule has 0 fully saturated rings. The molecule has 11 heteroatoms. The minimum absolute atomic E-state index is 0.106. The van der Waals surface area contributed by atoms with Crippen molar-refractivity contribution in [3.63, 3.8) is 0 Å². The van der Waals surface area contributed by atoms with Crippen molar-refractivity contribution in [1.29, 1.82) is 0 Å². The van der Waals surface area contributed by atoms with Crippen molar-refractivity contribution in [1.82, 2.24) is 5.32 Å².